The third-order valence-corrected chi connectivity index (χ3v) is 12.2. The summed E-state index contributed by atoms with van der Waals surface area (Å²) in [7, 11) is 1.51. The molecular weight excluding hydrogens is 436 g/mol. The Labute approximate surface area is 211 Å². The summed E-state index contributed by atoms with van der Waals surface area (Å²) in [6, 6.07) is 0. The zero-order valence-electron chi connectivity index (χ0n) is 23.0. The van der Waals surface area contributed by atoms with Crippen LogP contribution in [0, 0.1) is 50.2 Å². The first kappa shape index (κ1) is 25.0. The molecule has 0 spiro atoms. The van der Waals surface area contributed by atoms with Crippen molar-refractivity contribution in [3.8, 4) is 0 Å². The maximum atomic E-state index is 14.3. The number of carbonyl (C=O) groups excluding carboxylic acids is 3. The van der Waals surface area contributed by atoms with E-state index in [2.05, 4.69) is 54.5 Å². The van der Waals surface area contributed by atoms with E-state index in [-0.39, 0.29) is 56.9 Å². The van der Waals surface area contributed by atoms with Crippen LogP contribution in [0.4, 0.5) is 0 Å². The van der Waals surface area contributed by atoms with Crippen LogP contribution >= 0.6 is 0 Å². The summed E-state index contributed by atoms with van der Waals surface area (Å²) in [6.07, 6.45) is 12.0. The van der Waals surface area contributed by atoms with Gasteiger partial charge in [-0.05, 0) is 90.6 Å². The van der Waals surface area contributed by atoms with E-state index in [0.29, 0.717) is 0 Å². The van der Waals surface area contributed by atoms with Gasteiger partial charge in [0.05, 0.1) is 12.5 Å². The van der Waals surface area contributed by atoms with Crippen LogP contribution in [-0.2, 0) is 19.1 Å². The zero-order valence-corrected chi connectivity index (χ0v) is 23.0. The number of esters is 1. The second kappa shape index (κ2) is 7.19. The normalized spacial score (nSPS) is 47.5. The molecule has 3 unspecified atom stereocenters. The summed E-state index contributed by atoms with van der Waals surface area (Å²) in [5.41, 5.74) is -0.608. The third kappa shape index (κ3) is 2.95. The van der Waals surface area contributed by atoms with Crippen molar-refractivity contribution in [3.05, 3.63) is 23.8 Å². The van der Waals surface area contributed by atoms with Crippen molar-refractivity contribution in [1.82, 2.24) is 0 Å². The number of allylic oxidation sites excluding steroid dienone is 4. The largest absolute Gasteiger partial charge is 0.469 e. The topological polar surface area (TPSA) is 60.4 Å². The van der Waals surface area contributed by atoms with E-state index >= 15 is 0 Å². The van der Waals surface area contributed by atoms with Crippen molar-refractivity contribution >= 4 is 17.5 Å². The number of ketones is 2. The Hall–Kier alpha value is -1.71. The van der Waals surface area contributed by atoms with Gasteiger partial charge in [-0.3, -0.25) is 14.4 Å². The highest BCUT2D eigenvalue weighted by molar-refractivity contribution is 6.04. The smallest absolute Gasteiger partial charge is 0.312 e. The van der Waals surface area contributed by atoms with E-state index in [4.69, 9.17) is 4.74 Å². The first-order valence-corrected chi connectivity index (χ1v) is 13.7. The van der Waals surface area contributed by atoms with Gasteiger partial charge in [-0.15, -0.1) is 0 Å². The van der Waals surface area contributed by atoms with Crippen molar-refractivity contribution in [2.45, 2.75) is 93.4 Å². The van der Waals surface area contributed by atoms with Crippen LogP contribution in [0.15, 0.2) is 23.8 Å². The Morgan fingerprint density at radius 3 is 2.26 bits per heavy atom. The van der Waals surface area contributed by atoms with Gasteiger partial charge in [0.1, 0.15) is 0 Å². The van der Waals surface area contributed by atoms with Gasteiger partial charge in [0, 0.05) is 11.3 Å². The van der Waals surface area contributed by atoms with Crippen LogP contribution < -0.4 is 0 Å². The lowest BCUT2D eigenvalue weighted by Gasteiger charge is -2.68. The summed E-state index contributed by atoms with van der Waals surface area (Å²) in [5.74, 6) is -0.0459. The van der Waals surface area contributed by atoms with E-state index < -0.39 is 10.8 Å². The fourth-order valence-corrected chi connectivity index (χ4v) is 9.96. The fraction of sp³-hybridized carbons (Fsp3) is 0.774. The quantitative estimate of drug-likeness (QED) is 0.403. The molecule has 0 radical (unpaired) electrons. The van der Waals surface area contributed by atoms with Crippen molar-refractivity contribution in [3.63, 3.8) is 0 Å². The molecule has 4 nitrogen and oxygen atoms in total. The number of fused-ring (bicyclic) bond motifs is 7. The molecule has 7 atom stereocenters. The van der Waals surface area contributed by atoms with Crippen molar-refractivity contribution in [2.24, 2.45) is 50.2 Å². The van der Waals surface area contributed by atoms with E-state index in [0.717, 1.165) is 44.9 Å². The molecule has 0 aromatic rings. The van der Waals surface area contributed by atoms with Crippen LogP contribution in [0.5, 0.6) is 0 Å². The summed E-state index contributed by atoms with van der Waals surface area (Å²) in [6.45, 7) is 15.7. The lowest BCUT2D eigenvalue weighted by molar-refractivity contribution is -0.185. The van der Waals surface area contributed by atoms with Crippen molar-refractivity contribution in [1.29, 1.82) is 0 Å². The highest BCUT2D eigenvalue weighted by Gasteiger charge is 2.71. The lowest BCUT2D eigenvalue weighted by atomic mass is 9.34. The summed E-state index contributed by atoms with van der Waals surface area (Å²) >= 11 is 0. The molecular formula is C31H44O4. The molecule has 0 amide bonds. The molecule has 0 saturated heterocycles. The number of methoxy groups -OCH3 is 1. The fourth-order valence-electron chi connectivity index (χ4n) is 9.96. The Kier molecular flexibility index (Phi) is 5.13. The van der Waals surface area contributed by atoms with E-state index in [1.54, 1.807) is 6.08 Å². The number of hydrogen-bond acceptors (Lipinski definition) is 4. The van der Waals surface area contributed by atoms with Crippen LogP contribution in [0.3, 0.4) is 0 Å². The third-order valence-electron chi connectivity index (χ3n) is 12.2. The molecule has 0 heterocycles. The van der Waals surface area contributed by atoms with Crippen LogP contribution in [-0.4, -0.2) is 24.6 Å². The van der Waals surface area contributed by atoms with Gasteiger partial charge in [0.15, 0.2) is 11.6 Å². The number of carbonyl (C=O) groups is 3. The molecule has 5 rings (SSSR count). The molecule has 0 aromatic carbocycles. The summed E-state index contributed by atoms with van der Waals surface area (Å²) < 4.78 is 5.41. The number of rotatable bonds is 1. The van der Waals surface area contributed by atoms with Gasteiger partial charge in [-0.1, -0.05) is 60.1 Å². The average Bonchev–Trinajstić information content (AvgIpc) is 2.77. The van der Waals surface area contributed by atoms with E-state index in [9.17, 15) is 14.4 Å². The Balaban J connectivity index is 1.69. The Bertz CT molecular complexity index is 1060. The van der Waals surface area contributed by atoms with Crippen molar-refractivity contribution < 1.29 is 19.1 Å². The standard InChI is InChI=1S/C31H44O4/c1-26(2)13-15-31(25(34)35-8)16-14-28(5)19(20(31)18-26)17-21(32)24-29(28,6)12-9-22-27(3,4)11-10-23(33)30(22,24)7/h10-11,17,20,22,24H,9,12-16,18H2,1-8H3/t20?,22?,24?,28-,29-,30-,31+/m1/s1. The molecule has 35 heavy (non-hydrogen) atoms. The molecule has 0 bridgehead atoms. The first-order valence-electron chi connectivity index (χ1n) is 13.7. The molecule has 3 saturated carbocycles. The predicted molar refractivity (Wildman–Crippen MR) is 136 cm³/mol. The van der Waals surface area contributed by atoms with Gasteiger partial charge < -0.3 is 4.74 Å². The zero-order chi connectivity index (χ0) is 25.8. The van der Waals surface area contributed by atoms with E-state index in [1.165, 1.54) is 12.7 Å². The molecule has 4 heteroatoms. The molecule has 5 aliphatic carbocycles. The minimum absolute atomic E-state index is 0.0168. The first-order chi connectivity index (χ1) is 16.1. The highest BCUT2D eigenvalue weighted by atomic mass is 16.5. The SMILES string of the molecule is COC(=O)[C@]12CCC(C)(C)CC1C1=CC(=O)C3[C@@]4(C)C(=O)C=CC(C)(C)C4CC[C@@]3(C)[C@]1(C)CC2. The van der Waals surface area contributed by atoms with E-state index in [1.807, 2.05) is 6.08 Å². The van der Waals surface area contributed by atoms with Crippen LogP contribution in [0.1, 0.15) is 93.4 Å². The van der Waals surface area contributed by atoms with Crippen molar-refractivity contribution in [2.75, 3.05) is 7.11 Å². The second-order valence-electron chi connectivity index (χ2n) is 14.6. The van der Waals surface area contributed by atoms with Gasteiger partial charge in [0.25, 0.3) is 0 Å². The lowest BCUT2D eigenvalue weighted by Crippen LogP contribution is -2.67. The molecule has 3 fully saturated rings. The van der Waals surface area contributed by atoms with Gasteiger partial charge >= 0.3 is 5.97 Å². The van der Waals surface area contributed by atoms with Gasteiger partial charge in [-0.2, -0.15) is 0 Å². The average molecular weight is 481 g/mol. The summed E-state index contributed by atoms with van der Waals surface area (Å²) in [5, 5.41) is 0. The van der Waals surface area contributed by atoms with Crippen LogP contribution in [0.25, 0.3) is 0 Å². The molecule has 5 aliphatic rings. The molecule has 0 aliphatic heterocycles. The maximum Gasteiger partial charge on any atom is 0.312 e. The molecule has 0 aromatic heterocycles. The Morgan fingerprint density at radius 1 is 0.943 bits per heavy atom. The molecule has 0 N–H and O–H groups in total. The summed E-state index contributed by atoms with van der Waals surface area (Å²) in [4.78, 5) is 41.2. The monoisotopic (exact) mass is 480 g/mol. The predicted octanol–water partition coefficient (Wildman–Crippen LogP) is 6.49. The Morgan fingerprint density at radius 2 is 1.60 bits per heavy atom. The minimum atomic E-state index is -0.698. The molecule has 192 valence electrons. The number of hydrogen-bond donors (Lipinski definition) is 0. The highest BCUT2D eigenvalue weighted by Crippen LogP contribution is 2.74. The second-order valence-corrected chi connectivity index (χ2v) is 14.6. The van der Waals surface area contributed by atoms with Gasteiger partial charge in [-0.25, -0.2) is 0 Å². The van der Waals surface area contributed by atoms with Gasteiger partial charge in [0.2, 0.25) is 0 Å². The van der Waals surface area contributed by atoms with Crippen LogP contribution in [0.2, 0.25) is 0 Å². The number of ether oxygens (including phenoxy) is 1. The minimum Gasteiger partial charge on any atom is -0.469 e. The maximum absolute atomic E-state index is 14.3.